The fraction of sp³-hybridized carbons (Fsp3) is 0.786. The number of hydrogen-bond donors (Lipinski definition) is 1. The minimum absolute atomic E-state index is 0.686. The van der Waals surface area contributed by atoms with Gasteiger partial charge in [-0.3, -0.25) is 4.68 Å². The van der Waals surface area contributed by atoms with E-state index in [2.05, 4.69) is 33.3 Å². The predicted molar refractivity (Wildman–Crippen MR) is 78.5 cm³/mol. The van der Waals surface area contributed by atoms with E-state index >= 15 is 0 Å². The lowest BCUT2D eigenvalue weighted by molar-refractivity contribution is 0.277. The van der Waals surface area contributed by atoms with E-state index in [1.54, 1.807) is 0 Å². The van der Waals surface area contributed by atoms with Crippen LogP contribution in [0.4, 0.5) is 0 Å². The third kappa shape index (κ3) is 3.15. The largest absolute Gasteiger partial charge is 0.308 e. The van der Waals surface area contributed by atoms with Gasteiger partial charge >= 0.3 is 0 Å². The maximum Gasteiger partial charge on any atom is 0.0739 e. The van der Waals surface area contributed by atoms with Crippen LogP contribution in [0.25, 0.3) is 0 Å². The molecule has 1 heterocycles. The van der Waals surface area contributed by atoms with Gasteiger partial charge in [0.15, 0.2) is 0 Å². The van der Waals surface area contributed by atoms with E-state index < -0.39 is 0 Å². The first kappa shape index (κ1) is 14.1. The molecule has 1 saturated carbocycles. The SMILES string of the molecule is CCC1CCCC(NCc2c(Br)c(C)nn2C)C1. The highest BCUT2D eigenvalue weighted by Crippen LogP contribution is 2.27. The zero-order valence-electron chi connectivity index (χ0n) is 11.7. The fourth-order valence-electron chi connectivity index (χ4n) is 2.96. The van der Waals surface area contributed by atoms with Crippen molar-refractivity contribution in [2.45, 2.75) is 58.5 Å². The molecule has 1 aromatic heterocycles. The van der Waals surface area contributed by atoms with Crippen molar-refractivity contribution in [3.63, 3.8) is 0 Å². The molecule has 0 aromatic carbocycles. The van der Waals surface area contributed by atoms with Crippen LogP contribution >= 0.6 is 15.9 Å². The van der Waals surface area contributed by atoms with E-state index in [1.807, 2.05) is 18.7 Å². The van der Waals surface area contributed by atoms with Crippen LogP contribution in [0.15, 0.2) is 4.47 Å². The Bertz CT molecular complexity index is 400. The second-order valence-electron chi connectivity index (χ2n) is 5.49. The van der Waals surface area contributed by atoms with E-state index in [9.17, 15) is 0 Å². The molecule has 0 radical (unpaired) electrons. The smallest absolute Gasteiger partial charge is 0.0739 e. The lowest BCUT2D eigenvalue weighted by Crippen LogP contribution is -2.34. The first-order chi connectivity index (χ1) is 8.61. The van der Waals surface area contributed by atoms with E-state index in [0.29, 0.717) is 6.04 Å². The summed E-state index contributed by atoms with van der Waals surface area (Å²) in [5, 5.41) is 8.14. The Labute approximate surface area is 118 Å². The number of aromatic nitrogens is 2. The molecule has 1 aliphatic rings. The van der Waals surface area contributed by atoms with E-state index in [1.165, 1.54) is 37.8 Å². The molecular weight excluding hydrogens is 290 g/mol. The van der Waals surface area contributed by atoms with Gasteiger partial charge < -0.3 is 5.32 Å². The normalized spacial score (nSPS) is 24.4. The molecule has 18 heavy (non-hydrogen) atoms. The van der Waals surface area contributed by atoms with Crippen LogP contribution in [0.5, 0.6) is 0 Å². The third-order valence-electron chi connectivity index (χ3n) is 4.18. The average Bonchev–Trinajstić information content (AvgIpc) is 2.61. The monoisotopic (exact) mass is 313 g/mol. The van der Waals surface area contributed by atoms with Gasteiger partial charge in [0.25, 0.3) is 0 Å². The summed E-state index contributed by atoms with van der Waals surface area (Å²) in [6.07, 6.45) is 6.79. The van der Waals surface area contributed by atoms with Crippen molar-refractivity contribution < 1.29 is 0 Å². The van der Waals surface area contributed by atoms with Crippen molar-refractivity contribution in [1.82, 2.24) is 15.1 Å². The maximum atomic E-state index is 4.44. The quantitative estimate of drug-likeness (QED) is 0.921. The summed E-state index contributed by atoms with van der Waals surface area (Å²) in [5.74, 6) is 0.924. The minimum Gasteiger partial charge on any atom is -0.308 e. The Hall–Kier alpha value is -0.350. The van der Waals surface area contributed by atoms with Crippen LogP contribution in [-0.2, 0) is 13.6 Å². The molecule has 0 amide bonds. The highest BCUT2D eigenvalue weighted by atomic mass is 79.9. The lowest BCUT2D eigenvalue weighted by Gasteiger charge is -2.29. The van der Waals surface area contributed by atoms with Gasteiger partial charge in [-0.1, -0.05) is 26.2 Å². The molecule has 102 valence electrons. The van der Waals surface area contributed by atoms with Gasteiger partial charge in [0, 0.05) is 19.6 Å². The van der Waals surface area contributed by atoms with Crippen molar-refractivity contribution >= 4 is 15.9 Å². The number of rotatable bonds is 4. The standard InChI is InChI=1S/C14H24BrN3/c1-4-11-6-5-7-12(8-11)16-9-13-14(15)10(2)17-18(13)3/h11-12,16H,4-9H2,1-3H3. The number of hydrogen-bond acceptors (Lipinski definition) is 2. The fourth-order valence-corrected chi connectivity index (χ4v) is 3.44. The van der Waals surface area contributed by atoms with Crippen molar-refractivity contribution in [1.29, 1.82) is 0 Å². The van der Waals surface area contributed by atoms with Crippen LogP contribution in [0.2, 0.25) is 0 Å². The molecule has 2 atom stereocenters. The molecule has 3 nitrogen and oxygen atoms in total. The van der Waals surface area contributed by atoms with Gasteiger partial charge in [0.2, 0.25) is 0 Å². The number of nitrogens with zero attached hydrogens (tertiary/aromatic N) is 2. The second-order valence-corrected chi connectivity index (χ2v) is 6.28. The van der Waals surface area contributed by atoms with E-state index in [-0.39, 0.29) is 0 Å². The van der Waals surface area contributed by atoms with Gasteiger partial charge in [0.1, 0.15) is 0 Å². The summed E-state index contributed by atoms with van der Waals surface area (Å²) in [5.41, 5.74) is 2.33. The van der Waals surface area contributed by atoms with E-state index in [4.69, 9.17) is 0 Å². The molecule has 1 fully saturated rings. The summed E-state index contributed by atoms with van der Waals surface area (Å²) < 4.78 is 3.13. The van der Waals surface area contributed by atoms with Gasteiger partial charge in [-0.05, 0) is 41.6 Å². The average molecular weight is 314 g/mol. The lowest BCUT2D eigenvalue weighted by atomic mass is 9.84. The molecule has 0 aliphatic heterocycles. The molecule has 2 unspecified atom stereocenters. The molecule has 1 aliphatic carbocycles. The molecule has 1 aromatic rings. The Balaban J connectivity index is 1.91. The molecule has 2 rings (SSSR count). The summed E-state index contributed by atoms with van der Waals surface area (Å²) >= 11 is 3.63. The van der Waals surface area contributed by atoms with Gasteiger partial charge in [-0.2, -0.15) is 5.10 Å². The summed E-state index contributed by atoms with van der Waals surface area (Å²) in [6, 6.07) is 0.686. The van der Waals surface area contributed by atoms with E-state index in [0.717, 1.165) is 22.6 Å². The van der Waals surface area contributed by atoms with Crippen molar-refractivity contribution in [3.05, 3.63) is 15.9 Å². The van der Waals surface area contributed by atoms with Gasteiger partial charge in [-0.25, -0.2) is 0 Å². The zero-order valence-corrected chi connectivity index (χ0v) is 13.3. The first-order valence-corrected chi connectivity index (χ1v) is 7.82. The minimum atomic E-state index is 0.686. The van der Waals surface area contributed by atoms with Crippen LogP contribution in [-0.4, -0.2) is 15.8 Å². The first-order valence-electron chi connectivity index (χ1n) is 7.03. The number of halogens is 1. The van der Waals surface area contributed by atoms with Crippen LogP contribution in [0, 0.1) is 12.8 Å². The second kappa shape index (κ2) is 6.20. The van der Waals surface area contributed by atoms with Crippen LogP contribution in [0.1, 0.15) is 50.4 Å². The maximum absolute atomic E-state index is 4.44. The number of aryl methyl sites for hydroxylation is 2. The molecule has 0 bridgehead atoms. The molecule has 0 saturated heterocycles. The Morgan fingerprint density at radius 2 is 2.22 bits per heavy atom. The van der Waals surface area contributed by atoms with Gasteiger partial charge in [0.05, 0.1) is 15.9 Å². The summed E-state index contributed by atoms with van der Waals surface area (Å²) in [4.78, 5) is 0. The van der Waals surface area contributed by atoms with Gasteiger partial charge in [-0.15, -0.1) is 0 Å². The Morgan fingerprint density at radius 1 is 1.44 bits per heavy atom. The van der Waals surface area contributed by atoms with Crippen LogP contribution in [0.3, 0.4) is 0 Å². The number of nitrogens with one attached hydrogen (secondary N) is 1. The molecule has 1 N–H and O–H groups in total. The Kier molecular flexibility index (Phi) is 4.84. The van der Waals surface area contributed by atoms with Crippen molar-refractivity contribution in [2.75, 3.05) is 0 Å². The summed E-state index contributed by atoms with van der Waals surface area (Å²) in [7, 11) is 2.02. The topological polar surface area (TPSA) is 29.9 Å². The highest BCUT2D eigenvalue weighted by molar-refractivity contribution is 9.10. The molecule has 4 heteroatoms. The third-order valence-corrected chi connectivity index (χ3v) is 5.21. The highest BCUT2D eigenvalue weighted by Gasteiger charge is 2.21. The Morgan fingerprint density at radius 3 is 2.83 bits per heavy atom. The van der Waals surface area contributed by atoms with Crippen LogP contribution < -0.4 is 5.32 Å². The predicted octanol–water partition coefficient (Wildman–Crippen LogP) is 3.55. The van der Waals surface area contributed by atoms with Crippen molar-refractivity contribution in [3.8, 4) is 0 Å². The van der Waals surface area contributed by atoms with Crippen molar-refractivity contribution in [2.24, 2.45) is 13.0 Å². The summed E-state index contributed by atoms with van der Waals surface area (Å²) in [6.45, 7) is 5.27. The molecular formula is C14H24BrN3. The zero-order chi connectivity index (χ0) is 13.1. The molecule has 0 spiro atoms.